The van der Waals surface area contributed by atoms with E-state index in [1.807, 2.05) is 18.9 Å². The Morgan fingerprint density at radius 2 is 2.00 bits per heavy atom. The van der Waals surface area contributed by atoms with Crippen LogP contribution >= 0.6 is 0 Å². The summed E-state index contributed by atoms with van der Waals surface area (Å²) in [5.41, 5.74) is 6.44. The number of hydrogen-bond donors (Lipinski definition) is 1. The summed E-state index contributed by atoms with van der Waals surface area (Å²) in [5.74, 6) is -0.312. The van der Waals surface area contributed by atoms with Gasteiger partial charge < -0.3 is 10.6 Å². The van der Waals surface area contributed by atoms with Gasteiger partial charge in [0, 0.05) is 24.8 Å². The summed E-state index contributed by atoms with van der Waals surface area (Å²) in [7, 11) is 1.91. The Bertz CT molecular complexity index is 449. The van der Waals surface area contributed by atoms with Gasteiger partial charge in [0.05, 0.1) is 0 Å². The highest BCUT2D eigenvalue weighted by molar-refractivity contribution is 5.98. The normalized spacial score (nSPS) is 25.5. The molecule has 0 aromatic heterocycles. The Morgan fingerprint density at radius 1 is 1.37 bits per heavy atom. The number of benzene rings is 1. The van der Waals surface area contributed by atoms with Crippen LogP contribution < -0.4 is 10.6 Å². The fraction of sp³-hybridized carbons (Fsp3) is 0.500. The van der Waals surface area contributed by atoms with Gasteiger partial charge >= 0.3 is 0 Å². The van der Waals surface area contributed by atoms with Crippen LogP contribution in [-0.2, 0) is 4.79 Å². The summed E-state index contributed by atoms with van der Waals surface area (Å²) in [6.07, 6.45) is 0.871. The summed E-state index contributed by atoms with van der Waals surface area (Å²) >= 11 is 0. The predicted octanol–water partition coefficient (Wildman–Crippen LogP) is 1.21. The smallest absolute Gasteiger partial charge is 0.245 e. The molecule has 2 unspecified atom stereocenters. The maximum Gasteiger partial charge on any atom is 0.245 e. The summed E-state index contributed by atoms with van der Waals surface area (Å²) in [6, 6.07) is 5.81. The van der Waals surface area contributed by atoms with Crippen molar-refractivity contribution in [1.29, 1.82) is 0 Å². The molecular weight excluding hydrogens is 245 g/mol. The number of hydrogen-bond acceptors (Lipinski definition) is 3. The number of likely N-dealkylation sites (N-methyl/N-ethyl adjacent to an activating group) is 1. The van der Waals surface area contributed by atoms with E-state index in [4.69, 9.17) is 5.73 Å². The first-order valence-corrected chi connectivity index (χ1v) is 6.53. The SMILES string of the molecule is CC1CCN(C)C(CN)C(=O)N1c1ccc(F)cc1. The standard InChI is InChI=1S/C14H20FN3O/c1-10-7-8-17(2)13(9-16)14(19)18(10)12-5-3-11(15)4-6-12/h3-6,10,13H,7-9,16H2,1-2H3. The second-order valence-corrected chi connectivity index (χ2v) is 5.05. The number of rotatable bonds is 2. The Hall–Kier alpha value is -1.46. The van der Waals surface area contributed by atoms with Crippen molar-refractivity contribution in [3.05, 3.63) is 30.1 Å². The van der Waals surface area contributed by atoms with E-state index in [9.17, 15) is 9.18 Å². The van der Waals surface area contributed by atoms with E-state index in [2.05, 4.69) is 0 Å². The van der Waals surface area contributed by atoms with Gasteiger partial charge in [0.15, 0.2) is 0 Å². The average Bonchev–Trinajstić information content (AvgIpc) is 2.49. The summed E-state index contributed by atoms with van der Waals surface area (Å²) in [6.45, 7) is 3.13. The van der Waals surface area contributed by atoms with Crippen molar-refractivity contribution < 1.29 is 9.18 Å². The zero-order chi connectivity index (χ0) is 14.0. The van der Waals surface area contributed by atoms with Crippen molar-refractivity contribution in [2.75, 3.05) is 25.0 Å². The Kier molecular flexibility index (Phi) is 4.17. The predicted molar refractivity (Wildman–Crippen MR) is 73.4 cm³/mol. The minimum Gasteiger partial charge on any atom is -0.328 e. The van der Waals surface area contributed by atoms with Gasteiger partial charge in [0.2, 0.25) is 5.91 Å². The van der Waals surface area contributed by atoms with Gasteiger partial charge in [-0.1, -0.05) is 0 Å². The molecule has 2 N–H and O–H groups in total. The zero-order valence-electron chi connectivity index (χ0n) is 11.3. The Labute approximate surface area is 113 Å². The number of amides is 1. The number of anilines is 1. The van der Waals surface area contributed by atoms with Crippen LogP contribution in [0.2, 0.25) is 0 Å². The lowest BCUT2D eigenvalue weighted by Crippen LogP contribution is -2.50. The molecule has 1 aromatic carbocycles. The van der Waals surface area contributed by atoms with Crippen molar-refractivity contribution in [2.24, 2.45) is 5.73 Å². The molecule has 0 saturated carbocycles. The molecule has 0 bridgehead atoms. The molecule has 1 aromatic rings. The molecular formula is C14H20FN3O. The van der Waals surface area contributed by atoms with E-state index in [0.717, 1.165) is 18.7 Å². The number of nitrogens with zero attached hydrogens (tertiary/aromatic N) is 2. The van der Waals surface area contributed by atoms with E-state index in [1.54, 1.807) is 17.0 Å². The van der Waals surface area contributed by atoms with Gasteiger partial charge in [-0.05, 0) is 44.7 Å². The van der Waals surface area contributed by atoms with Crippen molar-refractivity contribution in [3.63, 3.8) is 0 Å². The lowest BCUT2D eigenvalue weighted by atomic mass is 10.1. The molecule has 0 radical (unpaired) electrons. The lowest BCUT2D eigenvalue weighted by Gasteiger charge is -2.30. The van der Waals surface area contributed by atoms with Gasteiger partial charge in [-0.15, -0.1) is 0 Å². The molecule has 1 fully saturated rings. The third-order valence-electron chi connectivity index (χ3n) is 3.72. The monoisotopic (exact) mass is 265 g/mol. The fourth-order valence-corrected chi connectivity index (χ4v) is 2.51. The average molecular weight is 265 g/mol. The molecule has 0 spiro atoms. The van der Waals surface area contributed by atoms with Crippen LogP contribution in [0.4, 0.5) is 10.1 Å². The Morgan fingerprint density at radius 3 is 2.58 bits per heavy atom. The molecule has 0 aliphatic carbocycles. The van der Waals surface area contributed by atoms with E-state index in [1.165, 1.54) is 12.1 Å². The number of nitrogens with two attached hydrogens (primary N) is 1. The minimum atomic E-state index is -0.310. The molecule has 1 aliphatic rings. The highest BCUT2D eigenvalue weighted by atomic mass is 19.1. The highest BCUT2D eigenvalue weighted by Crippen LogP contribution is 2.23. The van der Waals surface area contributed by atoms with Crippen molar-refractivity contribution in [1.82, 2.24) is 4.90 Å². The number of carbonyl (C=O) groups excluding carboxylic acids is 1. The first-order valence-electron chi connectivity index (χ1n) is 6.53. The van der Waals surface area contributed by atoms with Gasteiger partial charge in [0.1, 0.15) is 11.9 Å². The van der Waals surface area contributed by atoms with E-state index in [-0.39, 0.29) is 23.8 Å². The maximum absolute atomic E-state index is 13.0. The largest absolute Gasteiger partial charge is 0.328 e. The first-order chi connectivity index (χ1) is 9.04. The van der Waals surface area contributed by atoms with Crippen LogP contribution in [-0.4, -0.2) is 43.0 Å². The molecule has 1 aliphatic heterocycles. The van der Waals surface area contributed by atoms with Gasteiger partial charge in [-0.2, -0.15) is 0 Å². The molecule has 1 saturated heterocycles. The molecule has 5 heteroatoms. The number of halogens is 1. The fourth-order valence-electron chi connectivity index (χ4n) is 2.51. The van der Waals surface area contributed by atoms with Crippen molar-refractivity contribution in [2.45, 2.75) is 25.4 Å². The summed E-state index contributed by atoms with van der Waals surface area (Å²) in [5, 5.41) is 0. The third kappa shape index (κ3) is 2.77. The van der Waals surface area contributed by atoms with Gasteiger partial charge in [-0.3, -0.25) is 9.69 Å². The zero-order valence-corrected chi connectivity index (χ0v) is 11.3. The second kappa shape index (κ2) is 5.67. The second-order valence-electron chi connectivity index (χ2n) is 5.05. The maximum atomic E-state index is 13.0. The molecule has 2 rings (SSSR count). The minimum absolute atomic E-state index is 0.0124. The summed E-state index contributed by atoms with van der Waals surface area (Å²) < 4.78 is 13.0. The molecule has 1 amide bonds. The molecule has 19 heavy (non-hydrogen) atoms. The molecule has 104 valence electrons. The molecule has 4 nitrogen and oxygen atoms in total. The van der Waals surface area contributed by atoms with Crippen LogP contribution in [0.5, 0.6) is 0 Å². The molecule has 2 atom stereocenters. The van der Waals surface area contributed by atoms with Gasteiger partial charge in [0.25, 0.3) is 0 Å². The van der Waals surface area contributed by atoms with Crippen LogP contribution in [0.15, 0.2) is 24.3 Å². The summed E-state index contributed by atoms with van der Waals surface area (Å²) in [4.78, 5) is 16.3. The Balaban J connectivity index is 2.35. The quantitative estimate of drug-likeness (QED) is 0.874. The lowest BCUT2D eigenvalue weighted by molar-refractivity contribution is -0.122. The third-order valence-corrected chi connectivity index (χ3v) is 3.72. The van der Waals surface area contributed by atoms with E-state index >= 15 is 0 Å². The highest BCUT2D eigenvalue weighted by Gasteiger charge is 2.33. The van der Waals surface area contributed by atoms with Crippen LogP contribution in [0.25, 0.3) is 0 Å². The van der Waals surface area contributed by atoms with Crippen molar-refractivity contribution in [3.8, 4) is 0 Å². The van der Waals surface area contributed by atoms with Gasteiger partial charge in [-0.25, -0.2) is 4.39 Å². The number of carbonyl (C=O) groups is 1. The first kappa shape index (κ1) is 14.0. The van der Waals surface area contributed by atoms with Crippen LogP contribution in [0.3, 0.4) is 0 Å². The topological polar surface area (TPSA) is 49.6 Å². The van der Waals surface area contributed by atoms with E-state index < -0.39 is 0 Å². The van der Waals surface area contributed by atoms with Crippen LogP contribution in [0, 0.1) is 5.82 Å². The van der Waals surface area contributed by atoms with Crippen molar-refractivity contribution >= 4 is 11.6 Å². The molecule has 1 heterocycles. The van der Waals surface area contributed by atoms with Crippen LogP contribution in [0.1, 0.15) is 13.3 Å². The van der Waals surface area contributed by atoms with E-state index in [0.29, 0.717) is 6.54 Å².